The molecule has 5 rings (SSSR count). The highest BCUT2D eigenvalue weighted by Gasteiger charge is 2.42. The third-order valence-corrected chi connectivity index (χ3v) is 9.99. The third kappa shape index (κ3) is 6.21. The number of anilines is 1. The molecule has 1 aliphatic carbocycles. The van der Waals surface area contributed by atoms with Crippen molar-refractivity contribution in [2.24, 2.45) is 4.99 Å². The van der Waals surface area contributed by atoms with Gasteiger partial charge in [0, 0.05) is 33.5 Å². The molecular weight excluding hydrogens is 624 g/mol. The van der Waals surface area contributed by atoms with Gasteiger partial charge in [0.25, 0.3) is 10.1 Å². The Kier molecular flexibility index (Phi) is 8.83. The van der Waals surface area contributed by atoms with Crippen molar-refractivity contribution in [2.75, 3.05) is 5.32 Å². The number of carboxylic acid groups (broad SMARTS) is 1. The number of rotatable bonds is 12. The van der Waals surface area contributed by atoms with Crippen LogP contribution in [0.25, 0.3) is 0 Å². The monoisotopic (exact) mass is 656 g/mol. The number of nitrogens with one attached hydrogen (secondary N) is 1. The number of ketones is 1. The van der Waals surface area contributed by atoms with Crippen LogP contribution in [0.1, 0.15) is 64.0 Å². The number of aliphatic hydroxyl groups excluding tert-OH is 1. The van der Waals surface area contributed by atoms with E-state index in [1.54, 1.807) is 26.0 Å². The first kappa shape index (κ1) is 32.6. The normalized spacial score (nSPS) is 21.9. The lowest BCUT2D eigenvalue weighted by molar-refractivity contribution is -0.432. The van der Waals surface area contributed by atoms with Gasteiger partial charge >= 0.3 is 5.97 Å². The van der Waals surface area contributed by atoms with E-state index in [1.807, 2.05) is 19.1 Å². The van der Waals surface area contributed by atoms with Gasteiger partial charge in [0.15, 0.2) is 0 Å². The predicted molar refractivity (Wildman–Crippen MR) is 166 cm³/mol. The van der Waals surface area contributed by atoms with Crippen LogP contribution in [-0.2, 0) is 39.9 Å². The third-order valence-electron chi connectivity index (χ3n) is 8.57. The van der Waals surface area contributed by atoms with E-state index in [2.05, 4.69) is 19.7 Å². The minimum atomic E-state index is -4.42. The molecule has 0 amide bonds. The lowest BCUT2D eigenvalue weighted by atomic mass is 9.75. The molecule has 2 heterocycles. The van der Waals surface area contributed by atoms with Crippen molar-refractivity contribution in [3.8, 4) is 0 Å². The summed E-state index contributed by atoms with van der Waals surface area (Å²) in [6.07, 6.45) is 5.73. The number of nitrogens with zero attached hydrogens (tertiary/aromatic N) is 1. The highest BCUT2D eigenvalue weighted by molar-refractivity contribution is 7.94. The second-order valence-electron chi connectivity index (χ2n) is 11.8. The van der Waals surface area contributed by atoms with Crippen molar-refractivity contribution < 1.29 is 47.4 Å². The summed E-state index contributed by atoms with van der Waals surface area (Å²) in [5, 5.41) is 35.7. The molecule has 0 saturated carbocycles. The van der Waals surface area contributed by atoms with E-state index in [4.69, 9.17) is 10.4 Å². The Balaban J connectivity index is 1.44. The summed E-state index contributed by atoms with van der Waals surface area (Å²) < 4.78 is 37.4. The molecule has 1 unspecified atom stereocenters. The largest absolute Gasteiger partial charge is 0.506 e. The number of unbranched alkanes of at least 4 members (excludes halogenated alkanes) is 2. The molecule has 1 atom stereocenters. The minimum absolute atomic E-state index is 0.0715. The zero-order valence-electron chi connectivity index (χ0n) is 24.7. The molecule has 2 aromatic rings. The van der Waals surface area contributed by atoms with Gasteiger partial charge in [-0.15, -0.1) is 4.33 Å². The average molecular weight is 657 g/mol. The van der Waals surface area contributed by atoms with E-state index in [9.17, 15) is 27.7 Å². The SMILES string of the molecule is CC1(C)C(C=C2C(=O)C(C=C3Nc4ccc(SOOO)cc4C3(C)CCCCCC(=O)O)=C2O)=Nc2ccc(S(=O)(=O)O)cc21. The Morgan fingerprint density at radius 3 is 2.49 bits per heavy atom. The Hall–Kier alpha value is -3.79. The summed E-state index contributed by atoms with van der Waals surface area (Å²) in [7, 11) is -4.42. The van der Waals surface area contributed by atoms with Crippen LogP contribution >= 0.6 is 12.0 Å². The fourth-order valence-corrected chi connectivity index (χ4v) is 6.81. The van der Waals surface area contributed by atoms with Crippen molar-refractivity contribution in [3.63, 3.8) is 0 Å². The maximum atomic E-state index is 13.4. The number of fused-ring (bicyclic) bond motifs is 2. The first-order chi connectivity index (χ1) is 21.2. The van der Waals surface area contributed by atoms with E-state index < -0.39 is 26.9 Å². The Morgan fingerprint density at radius 2 is 1.82 bits per heavy atom. The van der Waals surface area contributed by atoms with Crippen molar-refractivity contribution in [1.29, 1.82) is 0 Å². The number of carboxylic acids is 1. The van der Waals surface area contributed by atoms with Crippen molar-refractivity contribution in [3.05, 3.63) is 82.3 Å². The second kappa shape index (κ2) is 12.2. The maximum Gasteiger partial charge on any atom is 0.303 e. The van der Waals surface area contributed by atoms with Gasteiger partial charge in [-0.25, -0.2) is 5.26 Å². The molecular formula is C31H32N2O10S2. The number of benzene rings is 2. The van der Waals surface area contributed by atoms with Gasteiger partial charge in [-0.3, -0.25) is 19.1 Å². The molecule has 2 aromatic carbocycles. The Morgan fingerprint density at radius 1 is 1.07 bits per heavy atom. The standard InChI is InChI=1S/C31H32N2O10S2/c1-30(2)21-14-18(45(39,40)41)9-11-23(21)32-25(30)15-19-28(36)20(29(19)37)16-26-31(3,12-6-4-5-7-27(34)35)22-13-17(44-43-42-38)8-10-24(22)33-26/h8-11,13-16,33,36,38H,4-7,12H2,1-3H3,(H,34,35)(H,39,40,41). The van der Waals surface area contributed by atoms with E-state index in [1.165, 1.54) is 24.3 Å². The lowest BCUT2D eigenvalue weighted by Gasteiger charge is -2.29. The van der Waals surface area contributed by atoms with Gasteiger partial charge < -0.3 is 15.5 Å². The van der Waals surface area contributed by atoms with Crippen LogP contribution in [0, 0.1) is 0 Å². The number of Topliss-reactive ketones (excluding diaryl/α,β-unsaturated/α-hetero) is 1. The zero-order chi connectivity index (χ0) is 32.7. The molecule has 238 valence electrons. The number of aliphatic carboxylic acids is 1. The Bertz CT molecular complexity index is 1820. The molecule has 45 heavy (non-hydrogen) atoms. The van der Waals surface area contributed by atoms with E-state index in [-0.39, 0.29) is 34.0 Å². The highest BCUT2D eigenvalue weighted by Crippen LogP contribution is 2.49. The lowest BCUT2D eigenvalue weighted by Crippen LogP contribution is -2.29. The van der Waals surface area contributed by atoms with Gasteiger partial charge in [0.05, 0.1) is 39.5 Å². The molecule has 2 aliphatic heterocycles. The summed E-state index contributed by atoms with van der Waals surface area (Å²) in [5.41, 5.74) is 2.60. The molecule has 0 bridgehead atoms. The van der Waals surface area contributed by atoms with Crippen LogP contribution < -0.4 is 5.32 Å². The number of allylic oxidation sites excluding steroid dienone is 5. The summed E-state index contributed by atoms with van der Waals surface area (Å²) in [4.78, 5) is 29.3. The number of hydrogen-bond donors (Lipinski definition) is 5. The van der Waals surface area contributed by atoms with Crippen LogP contribution in [0.15, 0.2) is 85.9 Å². The van der Waals surface area contributed by atoms with Gasteiger partial charge in [0.1, 0.15) is 5.76 Å². The number of carbonyl (C=O) groups excluding carboxylic acids is 1. The number of carbonyl (C=O) groups is 2. The second-order valence-corrected chi connectivity index (χ2v) is 14.0. The van der Waals surface area contributed by atoms with Gasteiger partial charge in [-0.1, -0.05) is 31.7 Å². The summed E-state index contributed by atoms with van der Waals surface area (Å²) in [6.45, 7) is 5.61. The summed E-state index contributed by atoms with van der Waals surface area (Å²) in [6, 6.07) is 9.56. The molecule has 12 nitrogen and oxygen atoms in total. The fraction of sp³-hybridized carbons (Fsp3) is 0.323. The quantitative estimate of drug-likeness (QED) is 0.0425. The molecule has 14 heteroatoms. The van der Waals surface area contributed by atoms with Gasteiger partial charge in [-0.2, -0.15) is 8.42 Å². The average Bonchev–Trinajstić information content (AvgIpc) is 3.40. The van der Waals surface area contributed by atoms with E-state index >= 15 is 0 Å². The van der Waals surface area contributed by atoms with Crippen molar-refractivity contribution in [2.45, 2.75) is 73.5 Å². The number of aliphatic imine (C=N–C) groups is 1. The van der Waals surface area contributed by atoms with Gasteiger partial charge in [-0.05, 0) is 79.4 Å². The number of hydrogen-bond acceptors (Lipinski definition) is 11. The van der Waals surface area contributed by atoms with Crippen LogP contribution in [-0.4, -0.2) is 45.9 Å². The molecule has 5 N–H and O–H groups in total. The first-order valence-corrected chi connectivity index (χ1v) is 16.3. The summed E-state index contributed by atoms with van der Waals surface area (Å²) in [5.74, 6) is -1.44. The van der Waals surface area contributed by atoms with Crippen LogP contribution in [0.2, 0.25) is 0 Å². The molecule has 0 radical (unpaired) electrons. The maximum absolute atomic E-state index is 13.4. The van der Waals surface area contributed by atoms with Crippen LogP contribution in [0.4, 0.5) is 11.4 Å². The highest BCUT2D eigenvalue weighted by atomic mass is 32.2. The Labute approximate surface area is 264 Å². The molecule has 0 saturated heterocycles. The van der Waals surface area contributed by atoms with Crippen LogP contribution in [0.3, 0.4) is 0 Å². The number of aliphatic hydroxyl groups is 1. The molecule has 0 spiro atoms. The van der Waals surface area contributed by atoms with E-state index in [0.717, 1.165) is 23.3 Å². The molecule has 3 aliphatic rings. The first-order valence-electron chi connectivity index (χ1n) is 14.1. The molecule has 0 aromatic heterocycles. The zero-order valence-corrected chi connectivity index (χ0v) is 26.3. The van der Waals surface area contributed by atoms with Gasteiger partial charge in [0.2, 0.25) is 5.78 Å². The van der Waals surface area contributed by atoms with Crippen LogP contribution in [0.5, 0.6) is 0 Å². The fourth-order valence-electron chi connectivity index (χ4n) is 5.91. The smallest absolute Gasteiger partial charge is 0.303 e. The van der Waals surface area contributed by atoms with E-state index in [0.29, 0.717) is 53.2 Å². The minimum Gasteiger partial charge on any atom is -0.506 e. The summed E-state index contributed by atoms with van der Waals surface area (Å²) >= 11 is 0.817. The topological polar surface area (TPSA) is 192 Å². The van der Waals surface area contributed by atoms with Crippen molar-refractivity contribution >= 4 is 51.0 Å². The molecule has 0 fully saturated rings. The van der Waals surface area contributed by atoms with Crippen molar-refractivity contribution in [1.82, 2.24) is 0 Å². The predicted octanol–water partition coefficient (Wildman–Crippen LogP) is 6.35.